The highest BCUT2D eigenvalue weighted by Crippen LogP contribution is 2.34. The van der Waals surface area contributed by atoms with E-state index in [1.165, 1.54) is 0 Å². The molecule has 100 valence electrons. The van der Waals surface area contributed by atoms with Gasteiger partial charge in [-0.25, -0.2) is 0 Å². The molecule has 0 bridgehead atoms. The lowest BCUT2D eigenvalue weighted by Crippen LogP contribution is -2.47. The smallest absolute Gasteiger partial charge is 0.229 e. The zero-order valence-corrected chi connectivity index (χ0v) is 11.2. The third kappa shape index (κ3) is 2.58. The van der Waals surface area contributed by atoms with Crippen LogP contribution in [0.5, 0.6) is 0 Å². The fraction of sp³-hybridized carbons (Fsp3) is 0.643. The molecule has 1 N–H and O–H groups in total. The van der Waals surface area contributed by atoms with E-state index in [1.807, 2.05) is 19.2 Å². The van der Waals surface area contributed by atoms with Crippen molar-refractivity contribution in [3.8, 4) is 0 Å². The van der Waals surface area contributed by atoms with E-state index >= 15 is 0 Å². The first-order chi connectivity index (χ1) is 8.68. The molecule has 1 fully saturated rings. The van der Waals surface area contributed by atoms with Gasteiger partial charge in [-0.15, -0.1) is 0 Å². The molecule has 2 heterocycles. The summed E-state index contributed by atoms with van der Waals surface area (Å²) in [5, 5.41) is 3.32. The molecule has 2 rings (SSSR count). The van der Waals surface area contributed by atoms with Gasteiger partial charge in [-0.2, -0.15) is 0 Å². The van der Waals surface area contributed by atoms with Crippen molar-refractivity contribution in [2.75, 3.05) is 20.1 Å². The summed E-state index contributed by atoms with van der Waals surface area (Å²) in [6.45, 7) is 4.55. The van der Waals surface area contributed by atoms with Crippen LogP contribution in [0.3, 0.4) is 0 Å². The fourth-order valence-electron chi connectivity index (χ4n) is 2.74. The number of hydrogen-bond acceptors (Lipinski definition) is 3. The Balaban J connectivity index is 2.04. The van der Waals surface area contributed by atoms with Crippen LogP contribution in [0.1, 0.15) is 31.9 Å². The maximum absolute atomic E-state index is 12.6. The van der Waals surface area contributed by atoms with Gasteiger partial charge < -0.3 is 14.6 Å². The molecule has 1 aromatic rings. The molecule has 1 saturated heterocycles. The number of carbonyl (C=O) groups is 1. The Hall–Kier alpha value is -1.29. The summed E-state index contributed by atoms with van der Waals surface area (Å²) < 4.78 is 5.30. The van der Waals surface area contributed by atoms with E-state index in [9.17, 15) is 4.79 Å². The molecule has 4 nitrogen and oxygen atoms in total. The van der Waals surface area contributed by atoms with Gasteiger partial charge in [-0.05, 0) is 44.5 Å². The molecule has 4 heteroatoms. The minimum absolute atomic E-state index is 0.174. The van der Waals surface area contributed by atoms with Gasteiger partial charge in [-0.1, -0.05) is 6.92 Å². The first kappa shape index (κ1) is 13.1. The first-order valence-corrected chi connectivity index (χ1v) is 6.66. The molecule has 1 aromatic heterocycles. The van der Waals surface area contributed by atoms with Crippen molar-refractivity contribution >= 4 is 5.91 Å². The van der Waals surface area contributed by atoms with E-state index in [1.54, 1.807) is 11.2 Å². The summed E-state index contributed by atoms with van der Waals surface area (Å²) in [4.78, 5) is 14.4. The number of carbonyl (C=O) groups excluding carboxylic acids is 1. The van der Waals surface area contributed by atoms with Crippen LogP contribution in [0.25, 0.3) is 0 Å². The van der Waals surface area contributed by atoms with E-state index in [0.29, 0.717) is 6.54 Å². The average Bonchev–Trinajstić information content (AvgIpc) is 2.91. The van der Waals surface area contributed by atoms with Gasteiger partial charge in [0.25, 0.3) is 0 Å². The quantitative estimate of drug-likeness (QED) is 0.889. The second-order valence-electron chi connectivity index (χ2n) is 5.12. The molecule has 1 amide bonds. The predicted molar refractivity (Wildman–Crippen MR) is 70.0 cm³/mol. The average molecular weight is 250 g/mol. The van der Waals surface area contributed by atoms with Crippen molar-refractivity contribution in [3.63, 3.8) is 0 Å². The standard InChI is InChI=1S/C14H22N2O2/c1-3-14(6-8-15-9-7-14)13(17)16(2)11-12-5-4-10-18-12/h4-5,10,15H,3,6-9,11H2,1-2H3. The van der Waals surface area contributed by atoms with Gasteiger partial charge in [0.15, 0.2) is 0 Å². The highest BCUT2D eigenvalue weighted by atomic mass is 16.3. The Bertz CT molecular complexity index is 381. The maximum atomic E-state index is 12.6. The van der Waals surface area contributed by atoms with Crippen LogP contribution in [0.2, 0.25) is 0 Å². The Morgan fingerprint density at radius 3 is 2.78 bits per heavy atom. The normalized spacial score (nSPS) is 18.6. The zero-order valence-electron chi connectivity index (χ0n) is 11.2. The maximum Gasteiger partial charge on any atom is 0.229 e. The first-order valence-electron chi connectivity index (χ1n) is 6.66. The lowest BCUT2D eigenvalue weighted by atomic mass is 9.75. The van der Waals surface area contributed by atoms with E-state index in [-0.39, 0.29) is 11.3 Å². The number of nitrogens with zero attached hydrogens (tertiary/aromatic N) is 1. The van der Waals surface area contributed by atoms with E-state index in [2.05, 4.69) is 12.2 Å². The molecular formula is C14H22N2O2. The van der Waals surface area contributed by atoms with Crippen molar-refractivity contribution in [1.82, 2.24) is 10.2 Å². The van der Waals surface area contributed by atoms with Gasteiger partial charge in [0, 0.05) is 7.05 Å². The topological polar surface area (TPSA) is 45.5 Å². The molecule has 1 aliphatic heterocycles. The number of furan rings is 1. The Labute approximate surface area is 108 Å². The highest BCUT2D eigenvalue weighted by molar-refractivity contribution is 5.82. The molecule has 1 aliphatic rings. The number of piperidine rings is 1. The largest absolute Gasteiger partial charge is 0.467 e. The highest BCUT2D eigenvalue weighted by Gasteiger charge is 2.39. The second kappa shape index (κ2) is 5.57. The van der Waals surface area contributed by atoms with Crippen molar-refractivity contribution < 1.29 is 9.21 Å². The molecule has 18 heavy (non-hydrogen) atoms. The summed E-state index contributed by atoms with van der Waals surface area (Å²) in [7, 11) is 1.87. The number of hydrogen-bond donors (Lipinski definition) is 1. The van der Waals surface area contributed by atoms with E-state index in [4.69, 9.17) is 4.42 Å². The van der Waals surface area contributed by atoms with Crippen LogP contribution in [-0.4, -0.2) is 30.9 Å². The van der Waals surface area contributed by atoms with Gasteiger partial charge >= 0.3 is 0 Å². The lowest BCUT2D eigenvalue weighted by molar-refractivity contribution is -0.143. The van der Waals surface area contributed by atoms with Gasteiger partial charge in [-0.3, -0.25) is 4.79 Å². The van der Waals surface area contributed by atoms with Crippen molar-refractivity contribution in [1.29, 1.82) is 0 Å². The van der Waals surface area contributed by atoms with Gasteiger partial charge in [0.2, 0.25) is 5.91 Å². The number of rotatable bonds is 4. The molecular weight excluding hydrogens is 228 g/mol. The molecule has 0 atom stereocenters. The van der Waals surface area contributed by atoms with Gasteiger partial charge in [0.05, 0.1) is 18.2 Å². The summed E-state index contributed by atoms with van der Waals surface area (Å²) in [6.07, 6.45) is 4.43. The summed E-state index contributed by atoms with van der Waals surface area (Å²) in [5.74, 6) is 1.09. The molecule has 0 unspecified atom stereocenters. The third-order valence-electron chi connectivity index (χ3n) is 4.01. The molecule has 0 spiro atoms. The SMILES string of the molecule is CCC1(C(=O)N(C)Cc2ccco2)CCNCC1. The predicted octanol–water partition coefficient (Wildman–Crippen LogP) is 2.02. The Morgan fingerprint density at radius 1 is 1.50 bits per heavy atom. The summed E-state index contributed by atoms with van der Waals surface area (Å²) >= 11 is 0. The van der Waals surface area contributed by atoms with Crippen molar-refractivity contribution in [2.24, 2.45) is 5.41 Å². The monoisotopic (exact) mass is 250 g/mol. The number of nitrogens with one attached hydrogen (secondary N) is 1. The van der Waals surface area contributed by atoms with Crippen LogP contribution < -0.4 is 5.32 Å². The Kier molecular flexibility index (Phi) is 4.07. The summed E-state index contributed by atoms with van der Waals surface area (Å²) in [5.41, 5.74) is -0.174. The minimum Gasteiger partial charge on any atom is -0.467 e. The zero-order chi connectivity index (χ0) is 13.0. The summed E-state index contributed by atoms with van der Waals surface area (Å²) in [6, 6.07) is 3.76. The van der Waals surface area contributed by atoms with E-state index < -0.39 is 0 Å². The lowest BCUT2D eigenvalue weighted by Gasteiger charge is -2.38. The van der Waals surface area contributed by atoms with Gasteiger partial charge in [0.1, 0.15) is 5.76 Å². The fourth-order valence-corrected chi connectivity index (χ4v) is 2.74. The second-order valence-corrected chi connectivity index (χ2v) is 5.12. The van der Waals surface area contributed by atoms with Crippen LogP contribution in [0, 0.1) is 5.41 Å². The molecule has 0 saturated carbocycles. The van der Waals surface area contributed by atoms with Crippen molar-refractivity contribution in [2.45, 2.75) is 32.7 Å². The van der Waals surface area contributed by atoms with Crippen LogP contribution in [-0.2, 0) is 11.3 Å². The van der Waals surface area contributed by atoms with E-state index in [0.717, 1.165) is 38.1 Å². The molecule has 0 radical (unpaired) electrons. The Morgan fingerprint density at radius 2 is 2.22 bits per heavy atom. The van der Waals surface area contributed by atoms with Crippen molar-refractivity contribution in [3.05, 3.63) is 24.2 Å². The molecule has 0 aromatic carbocycles. The third-order valence-corrected chi connectivity index (χ3v) is 4.01. The van der Waals surface area contributed by atoms with Crippen LogP contribution in [0.4, 0.5) is 0 Å². The number of amides is 1. The van der Waals surface area contributed by atoms with Crippen LogP contribution in [0.15, 0.2) is 22.8 Å². The van der Waals surface area contributed by atoms with Crippen LogP contribution >= 0.6 is 0 Å². The molecule has 0 aliphatic carbocycles. The minimum atomic E-state index is -0.174.